The van der Waals surface area contributed by atoms with E-state index in [1.165, 1.54) is 32.1 Å². The summed E-state index contributed by atoms with van der Waals surface area (Å²) < 4.78 is 13.7. The van der Waals surface area contributed by atoms with Gasteiger partial charge in [0.2, 0.25) is 0 Å². The fourth-order valence-corrected chi connectivity index (χ4v) is 3.16. The van der Waals surface area contributed by atoms with E-state index >= 15 is 0 Å². The first-order valence-corrected chi connectivity index (χ1v) is 7.89. The van der Waals surface area contributed by atoms with Gasteiger partial charge in [-0.15, -0.1) is 0 Å². The maximum Gasteiger partial charge on any atom is 0.126 e. The Kier molecular flexibility index (Phi) is 4.85. The van der Waals surface area contributed by atoms with Gasteiger partial charge in [-0.1, -0.05) is 32.4 Å². The molecule has 1 aliphatic carbocycles. The molecule has 2 unspecified atom stereocenters. The summed E-state index contributed by atoms with van der Waals surface area (Å²) in [4.78, 5) is 0. The van der Waals surface area contributed by atoms with Crippen LogP contribution in [-0.4, -0.2) is 6.04 Å². The van der Waals surface area contributed by atoms with Crippen molar-refractivity contribution in [1.82, 2.24) is 5.32 Å². The highest BCUT2D eigenvalue weighted by Gasteiger charge is 2.25. The van der Waals surface area contributed by atoms with E-state index < -0.39 is 0 Å². The van der Waals surface area contributed by atoms with E-state index in [4.69, 9.17) is 0 Å². The summed E-state index contributed by atoms with van der Waals surface area (Å²) in [6, 6.07) is 6.37. The van der Waals surface area contributed by atoms with E-state index in [0.717, 1.165) is 11.1 Å². The molecule has 20 heavy (non-hydrogen) atoms. The van der Waals surface area contributed by atoms with Gasteiger partial charge in [-0.3, -0.25) is 0 Å². The lowest BCUT2D eigenvalue weighted by atomic mass is 9.85. The van der Waals surface area contributed by atoms with Crippen LogP contribution in [0.1, 0.15) is 70.0 Å². The first-order valence-electron chi connectivity index (χ1n) is 7.89. The maximum absolute atomic E-state index is 13.7. The van der Waals surface area contributed by atoms with Crippen LogP contribution < -0.4 is 5.32 Å². The molecule has 2 atom stereocenters. The lowest BCUT2D eigenvalue weighted by Crippen LogP contribution is -2.31. The SMILES string of the molecule is Cc1ccc(C(C)NC2CCCC(C)(C)CC2)cc1F. The van der Waals surface area contributed by atoms with Crippen LogP contribution in [0.2, 0.25) is 0 Å². The second-order valence-corrected chi connectivity index (χ2v) is 7.19. The molecule has 1 N–H and O–H groups in total. The maximum atomic E-state index is 13.7. The van der Waals surface area contributed by atoms with Gasteiger partial charge in [0.1, 0.15) is 5.82 Å². The molecule has 0 heterocycles. The summed E-state index contributed by atoms with van der Waals surface area (Å²) in [5.41, 5.74) is 2.25. The smallest absolute Gasteiger partial charge is 0.126 e. The molecule has 1 nitrogen and oxygen atoms in total. The number of nitrogens with one attached hydrogen (secondary N) is 1. The van der Waals surface area contributed by atoms with Gasteiger partial charge in [-0.25, -0.2) is 4.39 Å². The molecule has 0 bridgehead atoms. The molecule has 112 valence electrons. The third kappa shape index (κ3) is 4.05. The zero-order valence-electron chi connectivity index (χ0n) is 13.3. The van der Waals surface area contributed by atoms with Gasteiger partial charge >= 0.3 is 0 Å². The van der Waals surface area contributed by atoms with Crippen LogP contribution in [0.15, 0.2) is 18.2 Å². The van der Waals surface area contributed by atoms with Gasteiger partial charge in [-0.2, -0.15) is 0 Å². The minimum atomic E-state index is -0.0989. The van der Waals surface area contributed by atoms with Crippen molar-refractivity contribution >= 4 is 0 Å². The Morgan fingerprint density at radius 3 is 2.70 bits per heavy atom. The molecule has 0 spiro atoms. The van der Waals surface area contributed by atoms with Crippen molar-refractivity contribution in [2.75, 3.05) is 0 Å². The lowest BCUT2D eigenvalue weighted by molar-refractivity contribution is 0.307. The van der Waals surface area contributed by atoms with Crippen LogP contribution >= 0.6 is 0 Å². The first kappa shape index (κ1) is 15.5. The van der Waals surface area contributed by atoms with Crippen molar-refractivity contribution in [2.24, 2.45) is 5.41 Å². The summed E-state index contributed by atoms with van der Waals surface area (Å²) in [6.07, 6.45) is 6.35. The standard InChI is InChI=1S/C18H28FN/c1-13-7-8-15(12-17(13)19)14(2)20-16-6-5-10-18(3,4)11-9-16/h7-8,12,14,16,20H,5-6,9-11H2,1-4H3. The number of hydrogen-bond donors (Lipinski definition) is 1. The molecule has 1 aromatic rings. The van der Waals surface area contributed by atoms with Gasteiger partial charge in [0.15, 0.2) is 0 Å². The second kappa shape index (κ2) is 6.26. The summed E-state index contributed by atoms with van der Waals surface area (Å²) in [7, 11) is 0. The van der Waals surface area contributed by atoms with Gasteiger partial charge in [0, 0.05) is 12.1 Å². The van der Waals surface area contributed by atoms with Crippen LogP contribution in [0.4, 0.5) is 4.39 Å². The van der Waals surface area contributed by atoms with Crippen molar-refractivity contribution in [3.8, 4) is 0 Å². The van der Waals surface area contributed by atoms with Gasteiger partial charge in [0.25, 0.3) is 0 Å². The molecule has 0 saturated heterocycles. The molecule has 1 aliphatic rings. The number of rotatable bonds is 3. The third-order valence-corrected chi connectivity index (χ3v) is 4.76. The van der Waals surface area contributed by atoms with Crippen molar-refractivity contribution in [3.05, 3.63) is 35.1 Å². The van der Waals surface area contributed by atoms with Gasteiger partial charge < -0.3 is 5.32 Å². The molecule has 2 heteroatoms. The number of hydrogen-bond acceptors (Lipinski definition) is 1. The van der Waals surface area contributed by atoms with Crippen molar-refractivity contribution in [3.63, 3.8) is 0 Å². The zero-order valence-corrected chi connectivity index (χ0v) is 13.3. The lowest BCUT2D eigenvalue weighted by Gasteiger charge is -2.24. The monoisotopic (exact) mass is 277 g/mol. The predicted molar refractivity (Wildman–Crippen MR) is 83.3 cm³/mol. The van der Waals surface area contributed by atoms with Gasteiger partial charge in [0.05, 0.1) is 0 Å². The Hall–Kier alpha value is -0.890. The Balaban J connectivity index is 1.97. The molecule has 0 amide bonds. The predicted octanol–water partition coefficient (Wildman–Crippen LogP) is 5.14. The molecule has 2 rings (SSSR count). The van der Waals surface area contributed by atoms with E-state index in [0.29, 0.717) is 11.5 Å². The highest BCUT2D eigenvalue weighted by Crippen LogP contribution is 2.34. The number of benzene rings is 1. The minimum Gasteiger partial charge on any atom is -0.307 e. The number of aryl methyl sites for hydroxylation is 1. The van der Waals surface area contributed by atoms with E-state index in [2.05, 4.69) is 26.1 Å². The molecule has 1 saturated carbocycles. The molecule has 1 fully saturated rings. The van der Waals surface area contributed by atoms with Crippen LogP contribution in [-0.2, 0) is 0 Å². The van der Waals surface area contributed by atoms with Crippen LogP contribution in [0.5, 0.6) is 0 Å². The van der Waals surface area contributed by atoms with E-state index in [1.807, 2.05) is 19.1 Å². The molecule has 0 aliphatic heterocycles. The van der Waals surface area contributed by atoms with Crippen molar-refractivity contribution in [2.45, 2.75) is 71.9 Å². The third-order valence-electron chi connectivity index (χ3n) is 4.76. The average molecular weight is 277 g/mol. The fourth-order valence-electron chi connectivity index (χ4n) is 3.16. The largest absolute Gasteiger partial charge is 0.307 e. The average Bonchev–Trinajstić information content (AvgIpc) is 2.54. The summed E-state index contributed by atoms with van der Waals surface area (Å²) in [5.74, 6) is -0.0989. The summed E-state index contributed by atoms with van der Waals surface area (Å²) in [6.45, 7) is 8.69. The molecular weight excluding hydrogens is 249 g/mol. The van der Waals surface area contributed by atoms with Crippen LogP contribution in [0, 0.1) is 18.2 Å². The molecular formula is C18H28FN. The summed E-state index contributed by atoms with van der Waals surface area (Å²) >= 11 is 0. The van der Waals surface area contributed by atoms with E-state index in [-0.39, 0.29) is 11.9 Å². The normalized spacial score (nSPS) is 24.1. The topological polar surface area (TPSA) is 12.0 Å². The van der Waals surface area contributed by atoms with E-state index in [9.17, 15) is 4.39 Å². The summed E-state index contributed by atoms with van der Waals surface area (Å²) in [5, 5.41) is 3.69. The Labute approximate surface area is 123 Å². The minimum absolute atomic E-state index is 0.0989. The first-order chi connectivity index (χ1) is 9.37. The van der Waals surface area contributed by atoms with Crippen molar-refractivity contribution in [1.29, 1.82) is 0 Å². The number of halogens is 1. The molecule has 0 aromatic heterocycles. The van der Waals surface area contributed by atoms with Crippen LogP contribution in [0.25, 0.3) is 0 Å². The fraction of sp³-hybridized carbons (Fsp3) is 0.667. The molecule has 0 radical (unpaired) electrons. The zero-order chi connectivity index (χ0) is 14.8. The second-order valence-electron chi connectivity index (χ2n) is 7.19. The quantitative estimate of drug-likeness (QED) is 0.754. The molecule has 1 aromatic carbocycles. The van der Waals surface area contributed by atoms with Gasteiger partial charge in [-0.05, 0) is 62.1 Å². The van der Waals surface area contributed by atoms with Crippen LogP contribution in [0.3, 0.4) is 0 Å². The Morgan fingerprint density at radius 1 is 1.25 bits per heavy atom. The Bertz CT molecular complexity index is 453. The highest BCUT2D eigenvalue weighted by atomic mass is 19.1. The highest BCUT2D eigenvalue weighted by molar-refractivity contribution is 5.25. The van der Waals surface area contributed by atoms with E-state index in [1.54, 1.807) is 6.07 Å². The van der Waals surface area contributed by atoms with Crippen molar-refractivity contribution < 1.29 is 4.39 Å². The Morgan fingerprint density at radius 2 is 2.00 bits per heavy atom.